The smallest absolute Gasteiger partial charge is 0.258 e. The first-order valence-electron chi connectivity index (χ1n) is 7.71. The average Bonchev–Trinajstić information content (AvgIpc) is 3.24. The number of benzene rings is 1. The van der Waals surface area contributed by atoms with E-state index in [1.165, 1.54) is 34.4 Å². The molecule has 3 aromatic rings. The lowest BCUT2D eigenvalue weighted by molar-refractivity contribution is -0.115. The molecule has 9 heteroatoms. The van der Waals surface area contributed by atoms with Crippen LogP contribution < -0.4 is 10.1 Å². The summed E-state index contributed by atoms with van der Waals surface area (Å²) < 4.78 is 3.03. The lowest BCUT2D eigenvalue weighted by Crippen LogP contribution is -2.18. The molecular formula is C17H16N4O2S3. The van der Waals surface area contributed by atoms with Crippen molar-refractivity contribution >= 4 is 61.6 Å². The Hall–Kier alpha value is -2.23. The maximum atomic E-state index is 12.2. The van der Waals surface area contributed by atoms with Gasteiger partial charge in [-0.25, -0.2) is 4.98 Å². The van der Waals surface area contributed by atoms with Crippen LogP contribution in [0.5, 0.6) is 0 Å². The molecule has 1 N–H and O–H groups in total. The number of thiazole rings is 2. The molecule has 0 saturated carbocycles. The van der Waals surface area contributed by atoms with Crippen molar-refractivity contribution in [3.05, 3.63) is 53.3 Å². The summed E-state index contributed by atoms with van der Waals surface area (Å²) in [6, 6.07) is 7.91. The first-order chi connectivity index (χ1) is 12.7. The van der Waals surface area contributed by atoms with Crippen LogP contribution in [0.4, 0.5) is 5.13 Å². The fourth-order valence-electron chi connectivity index (χ4n) is 2.22. The molecule has 0 bridgehead atoms. The fraction of sp³-hybridized carbons (Fsp3) is 0.176. The van der Waals surface area contributed by atoms with Crippen molar-refractivity contribution in [3.63, 3.8) is 0 Å². The van der Waals surface area contributed by atoms with Crippen LogP contribution in [0.3, 0.4) is 0 Å². The van der Waals surface area contributed by atoms with Crippen LogP contribution in [-0.4, -0.2) is 32.9 Å². The molecule has 0 aliphatic heterocycles. The topological polar surface area (TPSA) is 76.3 Å². The number of nitrogens with one attached hydrogen (secondary N) is 1. The third-order valence-electron chi connectivity index (χ3n) is 3.26. The normalized spacial score (nSPS) is 11.6. The highest BCUT2D eigenvalue weighted by molar-refractivity contribution is 8.00. The second-order valence-electron chi connectivity index (χ2n) is 5.14. The summed E-state index contributed by atoms with van der Waals surface area (Å²) in [4.78, 5) is 32.8. The zero-order valence-corrected chi connectivity index (χ0v) is 16.2. The van der Waals surface area contributed by atoms with Gasteiger partial charge in [-0.05, 0) is 12.1 Å². The van der Waals surface area contributed by atoms with Crippen molar-refractivity contribution in [2.24, 2.45) is 4.99 Å². The lowest BCUT2D eigenvalue weighted by atomic mass is 10.3. The molecule has 0 fully saturated rings. The molecule has 3 rings (SSSR count). The molecule has 2 amide bonds. The standard InChI is InChI=1S/C17H16N4O2S3/c1-2-8-21-12-5-3-4-6-13(12)26-17(21)20-15(23)11-24-10-14(22)19-16-18-7-9-25-16/h2-7,9H,1,8,10-11H2,(H,18,19,22). The summed E-state index contributed by atoms with van der Waals surface area (Å²) >= 11 is 4.05. The number of allylic oxidation sites excluding steroid dienone is 1. The van der Waals surface area contributed by atoms with Gasteiger partial charge in [-0.1, -0.05) is 29.5 Å². The Morgan fingerprint density at radius 2 is 2.19 bits per heavy atom. The fourth-order valence-corrected chi connectivity index (χ4v) is 4.42. The number of rotatable bonds is 7. The third kappa shape index (κ3) is 4.69. The Morgan fingerprint density at radius 3 is 2.96 bits per heavy atom. The molecular weight excluding hydrogens is 388 g/mol. The summed E-state index contributed by atoms with van der Waals surface area (Å²) in [7, 11) is 0. The number of hydrogen-bond donors (Lipinski definition) is 1. The molecule has 0 aliphatic rings. The van der Waals surface area contributed by atoms with Gasteiger partial charge in [-0.3, -0.25) is 9.59 Å². The first kappa shape index (κ1) is 18.6. The molecule has 6 nitrogen and oxygen atoms in total. The van der Waals surface area contributed by atoms with E-state index in [4.69, 9.17) is 0 Å². The second kappa shape index (κ2) is 8.93. The van der Waals surface area contributed by atoms with Gasteiger partial charge in [0, 0.05) is 18.1 Å². The van der Waals surface area contributed by atoms with E-state index in [-0.39, 0.29) is 23.3 Å². The van der Waals surface area contributed by atoms with Gasteiger partial charge in [0.25, 0.3) is 5.91 Å². The minimum atomic E-state index is -0.263. The molecule has 0 radical (unpaired) electrons. The molecule has 134 valence electrons. The van der Waals surface area contributed by atoms with Crippen LogP contribution in [0, 0.1) is 0 Å². The van der Waals surface area contributed by atoms with Crippen molar-refractivity contribution in [1.29, 1.82) is 0 Å². The summed E-state index contributed by atoms with van der Waals surface area (Å²) in [5.41, 5.74) is 1.03. The highest BCUT2D eigenvalue weighted by Gasteiger charge is 2.09. The molecule has 2 heterocycles. The van der Waals surface area contributed by atoms with E-state index in [9.17, 15) is 9.59 Å². The Labute approximate surface area is 162 Å². The summed E-state index contributed by atoms with van der Waals surface area (Å²) in [5.74, 6) is -0.115. The average molecular weight is 405 g/mol. The van der Waals surface area contributed by atoms with Crippen molar-refractivity contribution in [2.45, 2.75) is 6.54 Å². The van der Waals surface area contributed by atoms with E-state index in [1.54, 1.807) is 17.7 Å². The Balaban J connectivity index is 1.63. The summed E-state index contributed by atoms with van der Waals surface area (Å²) in [6.45, 7) is 4.35. The molecule has 2 aromatic heterocycles. The van der Waals surface area contributed by atoms with Crippen LogP contribution >= 0.6 is 34.4 Å². The number of carbonyl (C=O) groups is 2. The van der Waals surface area contributed by atoms with Crippen LogP contribution in [0.25, 0.3) is 10.2 Å². The van der Waals surface area contributed by atoms with Crippen LogP contribution in [0.1, 0.15) is 0 Å². The van der Waals surface area contributed by atoms with Crippen LogP contribution in [0.2, 0.25) is 0 Å². The maximum Gasteiger partial charge on any atom is 0.258 e. The summed E-state index contributed by atoms with van der Waals surface area (Å²) in [5, 5.41) is 5.03. The molecule has 0 spiro atoms. The Morgan fingerprint density at radius 1 is 1.35 bits per heavy atom. The van der Waals surface area contributed by atoms with Gasteiger partial charge in [-0.15, -0.1) is 29.7 Å². The minimum Gasteiger partial charge on any atom is -0.313 e. The van der Waals surface area contributed by atoms with Gasteiger partial charge in [0.2, 0.25) is 5.91 Å². The number of para-hydroxylation sites is 1. The zero-order valence-electron chi connectivity index (χ0n) is 13.8. The number of aromatic nitrogens is 2. The van der Waals surface area contributed by atoms with Crippen LogP contribution in [0.15, 0.2) is 53.5 Å². The van der Waals surface area contributed by atoms with E-state index in [1.807, 2.05) is 28.8 Å². The largest absolute Gasteiger partial charge is 0.313 e. The van der Waals surface area contributed by atoms with E-state index < -0.39 is 0 Å². The first-order valence-corrected chi connectivity index (χ1v) is 10.6. The third-order valence-corrected chi connectivity index (χ3v) is 5.92. The molecule has 0 aliphatic carbocycles. The maximum absolute atomic E-state index is 12.2. The number of nitrogens with zero attached hydrogens (tertiary/aromatic N) is 3. The minimum absolute atomic E-state index is 0.146. The number of anilines is 1. The lowest BCUT2D eigenvalue weighted by Gasteiger charge is -2.01. The molecule has 0 unspecified atom stereocenters. The van der Waals surface area contributed by atoms with E-state index in [0.717, 1.165) is 10.2 Å². The predicted octanol–water partition coefficient (Wildman–Crippen LogP) is 3.14. The van der Waals surface area contributed by atoms with Crippen molar-refractivity contribution < 1.29 is 9.59 Å². The number of hydrogen-bond acceptors (Lipinski definition) is 6. The van der Waals surface area contributed by atoms with Crippen LogP contribution in [-0.2, 0) is 16.1 Å². The van der Waals surface area contributed by atoms with Gasteiger partial charge >= 0.3 is 0 Å². The van der Waals surface area contributed by atoms with Gasteiger partial charge in [0.05, 0.1) is 21.7 Å². The van der Waals surface area contributed by atoms with Gasteiger partial charge < -0.3 is 9.88 Å². The molecule has 26 heavy (non-hydrogen) atoms. The number of carbonyl (C=O) groups excluding carboxylic acids is 2. The Bertz CT molecular complexity index is 989. The van der Waals surface area contributed by atoms with Gasteiger partial charge in [0.1, 0.15) is 0 Å². The quantitative estimate of drug-likeness (QED) is 0.614. The van der Waals surface area contributed by atoms with E-state index >= 15 is 0 Å². The molecule has 0 atom stereocenters. The summed E-state index contributed by atoms with van der Waals surface area (Å²) in [6.07, 6.45) is 3.40. The highest BCUT2D eigenvalue weighted by atomic mass is 32.2. The van der Waals surface area contributed by atoms with Crippen molar-refractivity contribution in [3.8, 4) is 0 Å². The van der Waals surface area contributed by atoms with E-state index in [0.29, 0.717) is 16.5 Å². The molecule has 1 aromatic carbocycles. The SMILES string of the molecule is C=CCn1c(=NC(=O)CSCC(=O)Nc2nccs2)sc2ccccc21. The number of fused-ring (bicyclic) bond motifs is 1. The van der Waals surface area contributed by atoms with Gasteiger partial charge in [-0.2, -0.15) is 4.99 Å². The highest BCUT2D eigenvalue weighted by Crippen LogP contribution is 2.17. The van der Waals surface area contributed by atoms with Crippen molar-refractivity contribution in [2.75, 3.05) is 16.8 Å². The van der Waals surface area contributed by atoms with Crippen molar-refractivity contribution in [1.82, 2.24) is 9.55 Å². The Kier molecular flexibility index (Phi) is 6.37. The van der Waals surface area contributed by atoms with Gasteiger partial charge in [0.15, 0.2) is 9.93 Å². The zero-order chi connectivity index (χ0) is 18.4. The molecule has 0 saturated heterocycles. The number of amides is 2. The van der Waals surface area contributed by atoms with E-state index in [2.05, 4.69) is 21.9 Å². The second-order valence-corrected chi connectivity index (χ2v) is 8.02. The monoisotopic (exact) mass is 404 g/mol. The predicted molar refractivity (Wildman–Crippen MR) is 109 cm³/mol. The number of thioether (sulfide) groups is 1.